The number of nitrogens with one attached hydrogen (secondary N) is 1. The summed E-state index contributed by atoms with van der Waals surface area (Å²) in [6.07, 6.45) is 1.58. The van der Waals surface area contributed by atoms with E-state index in [2.05, 4.69) is 10.3 Å². The minimum absolute atomic E-state index is 0.195. The lowest BCUT2D eigenvalue weighted by molar-refractivity contribution is 0.0948. The lowest BCUT2D eigenvalue weighted by Crippen LogP contribution is -2.26. The molecule has 1 aromatic carbocycles. The molecule has 0 unspecified atom stereocenters. The van der Waals surface area contributed by atoms with Crippen molar-refractivity contribution in [2.24, 2.45) is 0 Å². The number of pyridine rings is 1. The van der Waals surface area contributed by atoms with Crippen LogP contribution in [-0.4, -0.2) is 32.1 Å². The zero-order valence-corrected chi connectivity index (χ0v) is 15.0. The molecule has 2 aromatic heterocycles. The van der Waals surface area contributed by atoms with E-state index in [1.807, 2.05) is 55.4 Å². The summed E-state index contributed by atoms with van der Waals surface area (Å²) in [5, 5.41) is 2.86. The molecule has 6 heteroatoms. The second-order valence-electron chi connectivity index (χ2n) is 5.95. The SMILES string of the molecule is COc1ccc(-c2ccc(C(=O)NCc3ccco3)c(N(C)C)n2)cc1. The highest BCUT2D eigenvalue weighted by Crippen LogP contribution is 2.25. The van der Waals surface area contributed by atoms with Gasteiger partial charge in [0.25, 0.3) is 5.91 Å². The molecule has 26 heavy (non-hydrogen) atoms. The van der Waals surface area contributed by atoms with Gasteiger partial charge in [-0.25, -0.2) is 4.98 Å². The van der Waals surface area contributed by atoms with Crippen LogP contribution in [0.3, 0.4) is 0 Å². The topological polar surface area (TPSA) is 67.6 Å². The summed E-state index contributed by atoms with van der Waals surface area (Å²) in [7, 11) is 5.36. The first-order valence-electron chi connectivity index (χ1n) is 8.22. The standard InChI is InChI=1S/C20H21N3O3/c1-23(2)19-17(20(24)21-13-16-5-4-12-26-16)10-11-18(22-19)14-6-8-15(25-3)9-7-14/h4-12H,13H2,1-3H3,(H,21,24). The van der Waals surface area contributed by atoms with E-state index in [9.17, 15) is 4.79 Å². The number of anilines is 1. The van der Waals surface area contributed by atoms with Gasteiger partial charge in [0, 0.05) is 19.7 Å². The van der Waals surface area contributed by atoms with Gasteiger partial charge in [-0.15, -0.1) is 0 Å². The van der Waals surface area contributed by atoms with Crippen molar-refractivity contribution in [1.82, 2.24) is 10.3 Å². The lowest BCUT2D eigenvalue weighted by Gasteiger charge is -2.17. The summed E-state index contributed by atoms with van der Waals surface area (Å²) in [5.41, 5.74) is 2.26. The molecule has 1 N–H and O–H groups in total. The van der Waals surface area contributed by atoms with Crippen LogP contribution in [0.1, 0.15) is 16.1 Å². The van der Waals surface area contributed by atoms with Crippen LogP contribution in [0.2, 0.25) is 0 Å². The smallest absolute Gasteiger partial charge is 0.255 e. The van der Waals surface area contributed by atoms with Crippen molar-refractivity contribution in [3.63, 3.8) is 0 Å². The van der Waals surface area contributed by atoms with Crippen LogP contribution in [0.15, 0.2) is 59.2 Å². The monoisotopic (exact) mass is 351 g/mol. The Bertz CT molecular complexity index is 872. The molecule has 0 aliphatic carbocycles. The molecule has 3 rings (SSSR count). The molecule has 0 aliphatic rings. The third kappa shape index (κ3) is 3.85. The van der Waals surface area contributed by atoms with Crippen molar-refractivity contribution in [3.8, 4) is 17.0 Å². The van der Waals surface area contributed by atoms with Crippen molar-refractivity contribution in [2.75, 3.05) is 26.1 Å². The molecule has 0 atom stereocenters. The molecular weight excluding hydrogens is 330 g/mol. The van der Waals surface area contributed by atoms with Crippen molar-refractivity contribution in [1.29, 1.82) is 0 Å². The fourth-order valence-electron chi connectivity index (χ4n) is 2.56. The van der Waals surface area contributed by atoms with Crippen LogP contribution in [0.4, 0.5) is 5.82 Å². The number of furan rings is 1. The van der Waals surface area contributed by atoms with Gasteiger partial charge in [0.2, 0.25) is 0 Å². The van der Waals surface area contributed by atoms with Gasteiger partial charge in [0.05, 0.1) is 31.2 Å². The van der Waals surface area contributed by atoms with E-state index in [1.54, 1.807) is 25.5 Å². The molecule has 0 radical (unpaired) electrons. The highest BCUT2D eigenvalue weighted by Gasteiger charge is 2.16. The average molecular weight is 351 g/mol. The number of rotatable bonds is 6. The zero-order valence-electron chi connectivity index (χ0n) is 15.0. The van der Waals surface area contributed by atoms with Gasteiger partial charge in [-0.3, -0.25) is 4.79 Å². The molecule has 6 nitrogen and oxygen atoms in total. The highest BCUT2D eigenvalue weighted by molar-refractivity contribution is 5.99. The normalized spacial score (nSPS) is 10.4. The number of aromatic nitrogens is 1. The van der Waals surface area contributed by atoms with Gasteiger partial charge in [-0.05, 0) is 48.5 Å². The van der Waals surface area contributed by atoms with Crippen molar-refractivity contribution in [2.45, 2.75) is 6.54 Å². The van der Waals surface area contributed by atoms with E-state index >= 15 is 0 Å². The summed E-state index contributed by atoms with van der Waals surface area (Å²) in [4.78, 5) is 19.1. The van der Waals surface area contributed by atoms with Gasteiger partial charge < -0.3 is 19.4 Å². The second-order valence-corrected chi connectivity index (χ2v) is 5.95. The van der Waals surface area contributed by atoms with Crippen LogP contribution >= 0.6 is 0 Å². The van der Waals surface area contributed by atoms with Gasteiger partial charge in [-0.2, -0.15) is 0 Å². The van der Waals surface area contributed by atoms with Crippen molar-refractivity contribution in [3.05, 3.63) is 66.1 Å². The summed E-state index contributed by atoms with van der Waals surface area (Å²) in [6, 6.07) is 14.9. The molecule has 0 spiro atoms. The molecule has 0 saturated carbocycles. The largest absolute Gasteiger partial charge is 0.497 e. The number of benzene rings is 1. The third-order valence-electron chi connectivity index (χ3n) is 3.93. The van der Waals surface area contributed by atoms with Crippen LogP contribution in [0.5, 0.6) is 5.75 Å². The number of ether oxygens (including phenoxy) is 1. The Balaban J connectivity index is 1.85. The Morgan fingerprint density at radius 3 is 2.54 bits per heavy atom. The molecule has 2 heterocycles. The van der Waals surface area contributed by atoms with E-state index in [0.29, 0.717) is 23.7 Å². The molecule has 0 saturated heterocycles. The highest BCUT2D eigenvalue weighted by atomic mass is 16.5. The maximum absolute atomic E-state index is 12.6. The van der Waals surface area contributed by atoms with Gasteiger partial charge >= 0.3 is 0 Å². The first-order valence-corrected chi connectivity index (χ1v) is 8.22. The quantitative estimate of drug-likeness (QED) is 0.738. The Kier molecular flexibility index (Phi) is 5.22. The molecular formula is C20H21N3O3. The zero-order chi connectivity index (χ0) is 18.5. The van der Waals surface area contributed by atoms with Gasteiger partial charge in [0.15, 0.2) is 0 Å². The number of carbonyl (C=O) groups is 1. The number of hydrogen-bond acceptors (Lipinski definition) is 5. The van der Waals surface area contributed by atoms with Gasteiger partial charge in [0.1, 0.15) is 17.3 Å². The third-order valence-corrected chi connectivity index (χ3v) is 3.93. The summed E-state index contributed by atoms with van der Waals surface area (Å²) < 4.78 is 10.4. The predicted molar refractivity (Wildman–Crippen MR) is 100 cm³/mol. The lowest BCUT2D eigenvalue weighted by atomic mass is 10.1. The molecule has 134 valence electrons. The first kappa shape index (κ1) is 17.5. The van der Waals surface area contributed by atoms with Crippen LogP contribution < -0.4 is 15.0 Å². The summed E-state index contributed by atoms with van der Waals surface area (Å²) in [5.74, 6) is 1.90. The number of nitrogens with zero attached hydrogens (tertiary/aromatic N) is 2. The van der Waals surface area contributed by atoms with Crippen molar-refractivity contribution >= 4 is 11.7 Å². The summed E-state index contributed by atoms with van der Waals surface area (Å²) >= 11 is 0. The second kappa shape index (κ2) is 7.74. The summed E-state index contributed by atoms with van der Waals surface area (Å²) in [6.45, 7) is 0.332. The Morgan fingerprint density at radius 2 is 1.92 bits per heavy atom. The van der Waals surface area contributed by atoms with Crippen molar-refractivity contribution < 1.29 is 13.9 Å². The molecule has 3 aromatic rings. The number of hydrogen-bond donors (Lipinski definition) is 1. The van der Waals surface area contributed by atoms with Crippen LogP contribution in [-0.2, 0) is 6.54 Å². The fourth-order valence-corrected chi connectivity index (χ4v) is 2.56. The molecule has 0 aliphatic heterocycles. The maximum atomic E-state index is 12.6. The minimum atomic E-state index is -0.195. The number of carbonyl (C=O) groups excluding carboxylic acids is 1. The average Bonchev–Trinajstić information content (AvgIpc) is 3.19. The number of amides is 1. The molecule has 0 bridgehead atoms. The van der Waals surface area contributed by atoms with E-state index < -0.39 is 0 Å². The molecule has 1 amide bonds. The maximum Gasteiger partial charge on any atom is 0.255 e. The minimum Gasteiger partial charge on any atom is -0.497 e. The molecule has 0 fully saturated rings. The van der Waals surface area contributed by atoms with Crippen LogP contribution in [0.25, 0.3) is 11.3 Å². The Morgan fingerprint density at radius 1 is 1.15 bits per heavy atom. The van der Waals surface area contributed by atoms with Crippen LogP contribution in [0, 0.1) is 0 Å². The van der Waals surface area contributed by atoms with E-state index in [4.69, 9.17) is 9.15 Å². The van der Waals surface area contributed by atoms with E-state index in [-0.39, 0.29) is 5.91 Å². The Labute approximate surface area is 152 Å². The van der Waals surface area contributed by atoms with Gasteiger partial charge in [-0.1, -0.05) is 0 Å². The predicted octanol–water partition coefficient (Wildman–Crippen LogP) is 3.35. The van der Waals surface area contributed by atoms with E-state index in [0.717, 1.165) is 17.0 Å². The van der Waals surface area contributed by atoms with E-state index in [1.165, 1.54) is 0 Å². The fraction of sp³-hybridized carbons (Fsp3) is 0.200. The Hall–Kier alpha value is -3.28. The first-order chi connectivity index (χ1) is 12.6. The number of methoxy groups -OCH3 is 1.